The van der Waals surface area contributed by atoms with Gasteiger partial charge in [0.1, 0.15) is 0 Å². The molecule has 0 radical (unpaired) electrons. The first-order valence-electron chi connectivity index (χ1n) is 8.81. The van der Waals surface area contributed by atoms with Crippen LogP contribution in [0.25, 0.3) is 0 Å². The van der Waals surface area contributed by atoms with E-state index in [1.54, 1.807) is 0 Å². The van der Waals surface area contributed by atoms with Crippen molar-refractivity contribution in [1.82, 2.24) is 10.2 Å². The van der Waals surface area contributed by atoms with Crippen LogP contribution < -0.4 is 5.32 Å². The van der Waals surface area contributed by atoms with E-state index in [1.807, 2.05) is 0 Å². The standard InChI is InChI=1S/C19H28N2O/c1-21(16-10-3-2-4-11-16)14-19(22)20-18-13-7-9-15-8-5-6-12-17(15)18/h5-6,8,12,16,18H,2-4,7,9-11,13-14H2,1H3,(H,20,22)/t18-/m0/s1. The number of aryl methyl sites for hydroxylation is 1. The topological polar surface area (TPSA) is 32.3 Å². The summed E-state index contributed by atoms with van der Waals surface area (Å²) in [4.78, 5) is 14.7. The minimum absolute atomic E-state index is 0.176. The van der Waals surface area contributed by atoms with Gasteiger partial charge >= 0.3 is 0 Å². The molecule has 120 valence electrons. The molecular formula is C19H28N2O. The lowest BCUT2D eigenvalue weighted by Gasteiger charge is -2.32. The Morgan fingerprint density at radius 3 is 2.73 bits per heavy atom. The van der Waals surface area contributed by atoms with Gasteiger partial charge in [0.15, 0.2) is 0 Å². The third kappa shape index (κ3) is 3.70. The number of nitrogens with one attached hydrogen (secondary N) is 1. The van der Waals surface area contributed by atoms with Gasteiger partial charge in [-0.25, -0.2) is 0 Å². The third-order valence-electron chi connectivity index (χ3n) is 5.30. The van der Waals surface area contributed by atoms with Crippen molar-refractivity contribution in [2.45, 2.75) is 63.5 Å². The fourth-order valence-corrected chi connectivity index (χ4v) is 4.02. The van der Waals surface area contributed by atoms with Crippen molar-refractivity contribution >= 4 is 5.91 Å². The first-order valence-corrected chi connectivity index (χ1v) is 8.81. The zero-order valence-corrected chi connectivity index (χ0v) is 13.7. The lowest BCUT2D eigenvalue weighted by Crippen LogP contribution is -2.42. The van der Waals surface area contributed by atoms with Crippen molar-refractivity contribution in [2.24, 2.45) is 0 Å². The molecule has 0 aromatic heterocycles. The minimum Gasteiger partial charge on any atom is -0.348 e. The van der Waals surface area contributed by atoms with Crippen molar-refractivity contribution in [3.63, 3.8) is 0 Å². The van der Waals surface area contributed by atoms with Gasteiger partial charge in [-0.05, 0) is 50.3 Å². The Bertz CT molecular complexity index is 508. The smallest absolute Gasteiger partial charge is 0.234 e. The van der Waals surface area contributed by atoms with Crippen LogP contribution >= 0.6 is 0 Å². The zero-order chi connectivity index (χ0) is 15.4. The molecular weight excluding hydrogens is 272 g/mol. The van der Waals surface area contributed by atoms with Gasteiger partial charge in [-0.1, -0.05) is 43.5 Å². The van der Waals surface area contributed by atoms with Crippen LogP contribution in [0.1, 0.15) is 62.1 Å². The molecule has 1 atom stereocenters. The molecule has 1 amide bonds. The fourth-order valence-electron chi connectivity index (χ4n) is 4.02. The summed E-state index contributed by atoms with van der Waals surface area (Å²) in [6, 6.07) is 9.35. The predicted octanol–water partition coefficient (Wildman–Crippen LogP) is 3.44. The maximum atomic E-state index is 12.4. The van der Waals surface area contributed by atoms with Crippen LogP contribution in [0, 0.1) is 0 Å². The second kappa shape index (κ2) is 7.28. The molecule has 3 nitrogen and oxygen atoms in total. The number of benzene rings is 1. The van der Waals surface area contributed by atoms with E-state index in [0.29, 0.717) is 12.6 Å². The van der Waals surface area contributed by atoms with Crippen LogP contribution in [-0.4, -0.2) is 30.4 Å². The highest BCUT2D eigenvalue weighted by atomic mass is 16.2. The molecule has 0 saturated heterocycles. The Balaban J connectivity index is 1.56. The predicted molar refractivity (Wildman–Crippen MR) is 89.8 cm³/mol. The van der Waals surface area contributed by atoms with E-state index in [1.165, 1.54) is 49.7 Å². The van der Waals surface area contributed by atoms with Gasteiger partial charge in [0.25, 0.3) is 0 Å². The van der Waals surface area contributed by atoms with Gasteiger partial charge in [-0.3, -0.25) is 9.69 Å². The lowest BCUT2D eigenvalue weighted by molar-refractivity contribution is -0.123. The number of hydrogen-bond donors (Lipinski definition) is 1. The van der Waals surface area contributed by atoms with Gasteiger partial charge in [-0.2, -0.15) is 0 Å². The molecule has 0 bridgehead atoms. The van der Waals surface area contributed by atoms with E-state index in [2.05, 4.69) is 41.5 Å². The second-order valence-corrected chi connectivity index (χ2v) is 6.92. The summed E-state index contributed by atoms with van der Waals surface area (Å²) in [6.07, 6.45) is 9.85. The largest absolute Gasteiger partial charge is 0.348 e. The molecule has 1 aromatic carbocycles. The lowest BCUT2D eigenvalue weighted by atomic mass is 9.88. The van der Waals surface area contributed by atoms with Crippen LogP contribution in [0.5, 0.6) is 0 Å². The summed E-state index contributed by atoms with van der Waals surface area (Å²) in [5.74, 6) is 0.176. The van der Waals surface area contributed by atoms with Crippen LogP contribution in [0.3, 0.4) is 0 Å². The number of rotatable bonds is 4. The molecule has 1 fully saturated rings. The highest BCUT2D eigenvalue weighted by Crippen LogP contribution is 2.29. The maximum Gasteiger partial charge on any atom is 0.234 e. The highest BCUT2D eigenvalue weighted by molar-refractivity contribution is 5.78. The van der Waals surface area contributed by atoms with Gasteiger partial charge in [0, 0.05) is 6.04 Å². The summed E-state index contributed by atoms with van der Waals surface area (Å²) in [7, 11) is 2.10. The van der Waals surface area contributed by atoms with Crippen molar-refractivity contribution in [3.8, 4) is 0 Å². The van der Waals surface area contributed by atoms with Gasteiger partial charge in [-0.15, -0.1) is 0 Å². The van der Waals surface area contributed by atoms with Gasteiger partial charge < -0.3 is 5.32 Å². The number of hydrogen-bond acceptors (Lipinski definition) is 2. The Morgan fingerprint density at radius 1 is 1.14 bits per heavy atom. The van der Waals surface area contributed by atoms with Crippen molar-refractivity contribution in [3.05, 3.63) is 35.4 Å². The van der Waals surface area contributed by atoms with Crippen LogP contribution in [-0.2, 0) is 11.2 Å². The van der Waals surface area contributed by atoms with E-state index in [4.69, 9.17) is 0 Å². The van der Waals surface area contributed by atoms with Crippen LogP contribution in [0.4, 0.5) is 0 Å². The summed E-state index contributed by atoms with van der Waals surface area (Å²) in [5, 5.41) is 3.26. The summed E-state index contributed by atoms with van der Waals surface area (Å²) < 4.78 is 0. The molecule has 1 N–H and O–H groups in total. The molecule has 3 rings (SSSR count). The van der Waals surface area contributed by atoms with Crippen molar-refractivity contribution in [2.75, 3.05) is 13.6 Å². The molecule has 0 unspecified atom stereocenters. The summed E-state index contributed by atoms with van der Waals surface area (Å²) in [5.41, 5.74) is 2.72. The molecule has 0 spiro atoms. The number of carbonyl (C=O) groups is 1. The molecule has 22 heavy (non-hydrogen) atoms. The molecule has 2 aliphatic carbocycles. The quantitative estimate of drug-likeness (QED) is 0.924. The molecule has 1 aromatic rings. The van der Waals surface area contributed by atoms with E-state index < -0.39 is 0 Å². The SMILES string of the molecule is CN(CC(=O)N[C@H]1CCCc2ccccc21)C1CCCCC1. The monoisotopic (exact) mass is 300 g/mol. The number of carbonyl (C=O) groups excluding carboxylic acids is 1. The van der Waals surface area contributed by atoms with Gasteiger partial charge in [0.2, 0.25) is 5.91 Å². The zero-order valence-electron chi connectivity index (χ0n) is 13.7. The van der Waals surface area contributed by atoms with Crippen molar-refractivity contribution in [1.29, 1.82) is 0 Å². The van der Waals surface area contributed by atoms with Crippen molar-refractivity contribution < 1.29 is 4.79 Å². The number of nitrogens with zero attached hydrogens (tertiary/aromatic N) is 1. The Kier molecular flexibility index (Phi) is 5.14. The number of likely N-dealkylation sites (N-methyl/N-ethyl adjacent to an activating group) is 1. The van der Waals surface area contributed by atoms with Crippen LogP contribution in [0.2, 0.25) is 0 Å². The van der Waals surface area contributed by atoms with E-state index in [-0.39, 0.29) is 11.9 Å². The first-order chi connectivity index (χ1) is 10.7. The Morgan fingerprint density at radius 2 is 1.91 bits per heavy atom. The fraction of sp³-hybridized carbons (Fsp3) is 0.632. The van der Waals surface area contributed by atoms with Gasteiger partial charge in [0.05, 0.1) is 12.6 Å². The molecule has 0 aliphatic heterocycles. The van der Waals surface area contributed by atoms with E-state index in [9.17, 15) is 4.79 Å². The maximum absolute atomic E-state index is 12.4. The summed E-state index contributed by atoms with van der Waals surface area (Å²) in [6.45, 7) is 0.531. The van der Waals surface area contributed by atoms with Crippen LogP contribution in [0.15, 0.2) is 24.3 Å². The second-order valence-electron chi connectivity index (χ2n) is 6.92. The summed E-state index contributed by atoms with van der Waals surface area (Å²) >= 11 is 0. The minimum atomic E-state index is 0.176. The number of fused-ring (bicyclic) bond motifs is 1. The molecule has 3 heteroatoms. The highest BCUT2D eigenvalue weighted by Gasteiger charge is 2.24. The Labute approximate surface area is 134 Å². The molecule has 1 saturated carbocycles. The average molecular weight is 300 g/mol. The Hall–Kier alpha value is -1.35. The molecule has 0 heterocycles. The average Bonchev–Trinajstić information content (AvgIpc) is 2.56. The molecule has 2 aliphatic rings. The first kappa shape index (κ1) is 15.5. The third-order valence-corrected chi connectivity index (χ3v) is 5.30. The normalized spacial score (nSPS) is 22.4. The van der Waals surface area contributed by atoms with E-state index >= 15 is 0 Å². The number of amides is 1. The van der Waals surface area contributed by atoms with E-state index in [0.717, 1.165) is 12.8 Å².